The summed E-state index contributed by atoms with van der Waals surface area (Å²) in [4.78, 5) is 24.1. The summed E-state index contributed by atoms with van der Waals surface area (Å²) in [6.07, 6.45) is 4.23. The number of benzene rings is 1. The van der Waals surface area contributed by atoms with Gasteiger partial charge in [-0.2, -0.15) is 0 Å². The average molecular weight is 403 g/mol. The molecule has 2 saturated carbocycles. The molecule has 2 aromatic rings. The van der Waals surface area contributed by atoms with Gasteiger partial charge in [-0.25, -0.2) is 4.39 Å². The molecule has 9 heteroatoms. The first-order chi connectivity index (χ1) is 13.5. The van der Waals surface area contributed by atoms with E-state index in [4.69, 9.17) is 5.73 Å². The largest absolute Gasteiger partial charge is 0.370 e. The molecule has 1 aromatic carbocycles. The third kappa shape index (κ3) is 4.52. The SMILES string of the molecule is NC(=O)CCn1c(SC(C(=O)NC2CC2)c2ccc(F)cc2)nnc1C1CC1. The maximum absolute atomic E-state index is 13.4. The van der Waals surface area contributed by atoms with Crippen molar-refractivity contribution in [1.82, 2.24) is 20.1 Å². The summed E-state index contributed by atoms with van der Waals surface area (Å²) in [7, 11) is 0. The number of rotatable bonds is 9. The minimum absolute atomic E-state index is 0.128. The smallest absolute Gasteiger partial charge is 0.238 e. The number of thioether (sulfide) groups is 1. The molecule has 0 saturated heterocycles. The summed E-state index contributed by atoms with van der Waals surface area (Å²) in [5.41, 5.74) is 6.01. The topological polar surface area (TPSA) is 103 Å². The number of hydrogen-bond donors (Lipinski definition) is 2. The Morgan fingerprint density at radius 1 is 1.21 bits per heavy atom. The van der Waals surface area contributed by atoms with Gasteiger partial charge in [-0.15, -0.1) is 10.2 Å². The molecule has 7 nitrogen and oxygen atoms in total. The number of aromatic nitrogens is 3. The first kappa shape index (κ1) is 18.9. The third-order valence-electron chi connectivity index (χ3n) is 4.83. The van der Waals surface area contributed by atoms with E-state index in [9.17, 15) is 14.0 Å². The summed E-state index contributed by atoms with van der Waals surface area (Å²) in [6.45, 7) is 0.386. The van der Waals surface area contributed by atoms with Crippen LogP contribution in [0.2, 0.25) is 0 Å². The monoisotopic (exact) mass is 403 g/mol. The van der Waals surface area contributed by atoms with E-state index in [1.807, 2.05) is 4.57 Å². The second-order valence-electron chi connectivity index (χ2n) is 7.32. The highest BCUT2D eigenvalue weighted by molar-refractivity contribution is 8.00. The fraction of sp³-hybridized carbons (Fsp3) is 0.474. The lowest BCUT2D eigenvalue weighted by Crippen LogP contribution is -2.30. The van der Waals surface area contributed by atoms with E-state index >= 15 is 0 Å². The minimum atomic E-state index is -0.579. The van der Waals surface area contributed by atoms with Crippen LogP contribution in [-0.2, 0) is 16.1 Å². The number of nitrogens with zero attached hydrogens (tertiary/aromatic N) is 3. The van der Waals surface area contributed by atoms with Gasteiger partial charge in [0, 0.05) is 24.9 Å². The summed E-state index contributed by atoms with van der Waals surface area (Å²) in [5.74, 6) is 0.309. The van der Waals surface area contributed by atoms with Crippen molar-refractivity contribution in [3.05, 3.63) is 41.5 Å². The Bertz CT molecular complexity index is 877. The van der Waals surface area contributed by atoms with Gasteiger partial charge in [0.25, 0.3) is 0 Å². The lowest BCUT2D eigenvalue weighted by Gasteiger charge is -2.17. The Labute approximate surface area is 166 Å². The zero-order chi connectivity index (χ0) is 19.7. The predicted octanol–water partition coefficient (Wildman–Crippen LogP) is 2.28. The fourth-order valence-electron chi connectivity index (χ4n) is 2.98. The van der Waals surface area contributed by atoms with Gasteiger partial charge in [0.15, 0.2) is 5.16 Å². The van der Waals surface area contributed by atoms with Crippen molar-refractivity contribution in [1.29, 1.82) is 0 Å². The predicted molar refractivity (Wildman–Crippen MR) is 102 cm³/mol. The summed E-state index contributed by atoms with van der Waals surface area (Å²) in [5, 5.41) is 11.6. The number of nitrogens with one attached hydrogen (secondary N) is 1. The summed E-state index contributed by atoms with van der Waals surface area (Å²) in [6, 6.07) is 6.14. The molecule has 0 spiro atoms. The average Bonchev–Trinajstić information content (AvgIpc) is 3.59. The number of halogens is 1. The number of nitrogens with two attached hydrogens (primary N) is 1. The van der Waals surface area contributed by atoms with Crippen molar-refractivity contribution in [3.8, 4) is 0 Å². The molecule has 0 radical (unpaired) electrons. The second-order valence-corrected chi connectivity index (χ2v) is 8.39. The van der Waals surface area contributed by atoms with Gasteiger partial charge >= 0.3 is 0 Å². The Balaban J connectivity index is 1.61. The molecule has 2 aliphatic rings. The van der Waals surface area contributed by atoms with Crippen LogP contribution in [-0.4, -0.2) is 32.6 Å². The maximum Gasteiger partial charge on any atom is 0.238 e. The minimum Gasteiger partial charge on any atom is -0.370 e. The molecule has 1 unspecified atom stereocenters. The lowest BCUT2D eigenvalue weighted by atomic mass is 10.1. The molecule has 2 amide bonds. The molecular weight excluding hydrogens is 381 g/mol. The number of carbonyl (C=O) groups excluding carboxylic acids is 2. The zero-order valence-corrected chi connectivity index (χ0v) is 16.1. The first-order valence-electron chi connectivity index (χ1n) is 9.45. The Kier molecular flexibility index (Phi) is 5.34. The Hall–Kier alpha value is -2.42. The van der Waals surface area contributed by atoms with Gasteiger partial charge in [0.05, 0.1) is 0 Å². The van der Waals surface area contributed by atoms with Crippen molar-refractivity contribution < 1.29 is 14.0 Å². The van der Waals surface area contributed by atoms with Crippen molar-refractivity contribution in [2.75, 3.05) is 0 Å². The van der Waals surface area contributed by atoms with E-state index in [0.717, 1.165) is 31.5 Å². The van der Waals surface area contributed by atoms with Gasteiger partial charge in [0.1, 0.15) is 16.9 Å². The molecule has 0 bridgehead atoms. The van der Waals surface area contributed by atoms with Crippen LogP contribution in [0.4, 0.5) is 4.39 Å². The third-order valence-corrected chi connectivity index (χ3v) is 6.06. The van der Waals surface area contributed by atoms with Gasteiger partial charge in [-0.05, 0) is 43.4 Å². The van der Waals surface area contributed by atoms with Crippen LogP contribution in [0.5, 0.6) is 0 Å². The molecule has 3 N–H and O–H groups in total. The van der Waals surface area contributed by atoms with Crippen LogP contribution < -0.4 is 11.1 Å². The quantitative estimate of drug-likeness (QED) is 0.625. The maximum atomic E-state index is 13.4. The molecule has 148 valence electrons. The van der Waals surface area contributed by atoms with Crippen LogP contribution in [0.25, 0.3) is 0 Å². The molecule has 1 atom stereocenters. The van der Waals surface area contributed by atoms with Crippen molar-refractivity contribution >= 4 is 23.6 Å². The van der Waals surface area contributed by atoms with Crippen LogP contribution >= 0.6 is 11.8 Å². The van der Waals surface area contributed by atoms with Gasteiger partial charge in [0.2, 0.25) is 11.8 Å². The normalized spacial score (nSPS) is 17.3. The van der Waals surface area contributed by atoms with Gasteiger partial charge in [-0.3, -0.25) is 9.59 Å². The van der Waals surface area contributed by atoms with Crippen LogP contribution in [0.3, 0.4) is 0 Å². The molecule has 4 rings (SSSR count). The second kappa shape index (κ2) is 7.90. The standard InChI is InChI=1S/C19H22FN5O2S/c20-13-5-3-11(4-6-13)16(18(27)22-14-7-8-14)28-19-24-23-17(12-1-2-12)25(19)10-9-15(21)26/h3-6,12,14,16H,1-2,7-10H2,(H2,21,26)(H,22,27). The highest BCUT2D eigenvalue weighted by Crippen LogP contribution is 2.42. The highest BCUT2D eigenvalue weighted by atomic mass is 32.2. The van der Waals surface area contributed by atoms with E-state index in [0.29, 0.717) is 23.2 Å². The van der Waals surface area contributed by atoms with Crippen molar-refractivity contribution in [2.45, 2.75) is 61.0 Å². The molecule has 1 heterocycles. The van der Waals surface area contributed by atoms with Crippen molar-refractivity contribution in [3.63, 3.8) is 0 Å². The summed E-state index contributed by atoms with van der Waals surface area (Å²) < 4.78 is 15.3. The Morgan fingerprint density at radius 3 is 2.54 bits per heavy atom. The molecule has 1 aromatic heterocycles. The van der Waals surface area contributed by atoms with Crippen molar-refractivity contribution in [2.24, 2.45) is 5.73 Å². The van der Waals surface area contributed by atoms with E-state index in [2.05, 4.69) is 15.5 Å². The molecule has 28 heavy (non-hydrogen) atoms. The highest BCUT2D eigenvalue weighted by Gasteiger charge is 2.33. The summed E-state index contributed by atoms with van der Waals surface area (Å²) >= 11 is 1.27. The fourth-order valence-corrected chi connectivity index (χ4v) is 4.06. The number of primary amides is 1. The lowest BCUT2D eigenvalue weighted by molar-refractivity contribution is -0.121. The number of hydrogen-bond acceptors (Lipinski definition) is 5. The number of carbonyl (C=O) groups is 2. The van der Waals surface area contributed by atoms with Gasteiger partial charge < -0.3 is 15.6 Å². The van der Waals surface area contributed by atoms with Gasteiger partial charge in [-0.1, -0.05) is 23.9 Å². The molecule has 0 aliphatic heterocycles. The van der Waals surface area contributed by atoms with E-state index in [1.165, 1.54) is 23.9 Å². The van der Waals surface area contributed by atoms with Crippen LogP contribution in [0.15, 0.2) is 29.4 Å². The Morgan fingerprint density at radius 2 is 1.93 bits per heavy atom. The molecular formula is C19H22FN5O2S. The zero-order valence-electron chi connectivity index (χ0n) is 15.3. The van der Waals surface area contributed by atoms with E-state index in [1.54, 1.807) is 12.1 Å². The first-order valence-corrected chi connectivity index (χ1v) is 10.3. The van der Waals surface area contributed by atoms with Crippen LogP contribution in [0.1, 0.15) is 54.7 Å². The van der Waals surface area contributed by atoms with E-state index < -0.39 is 11.2 Å². The molecule has 2 fully saturated rings. The molecule has 2 aliphatic carbocycles. The van der Waals surface area contributed by atoms with E-state index in [-0.39, 0.29) is 24.2 Å². The number of amides is 2. The van der Waals surface area contributed by atoms with Crippen LogP contribution in [0, 0.1) is 5.82 Å².